The van der Waals surface area contributed by atoms with Gasteiger partial charge in [-0.2, -0.15) is 0 Å². The van der Waals surface area contributed by atoms with Gasteiger partial charge in [0.15, 0.2) is 0 Å². The number of anilines is 1. The smallest absolute Gasteiger partial charge is 0.329 e. The number of carbonyl (C=O) groups excluding carboxylic acids is 3. The summed E-state index contributed by atoms with van der Waals surface area (Å²) in [5, 5.41) is 6.42. The Hall–Kier alpha value is -2.12. The molecule has 0 spiro atoms. The summed E-state index contributed by atoms with van der Waals surface area (Å²) in [6.07, 6.45) is 0.527. The molecule has 1 unspecified atom stereocenters. The second-order valence-corrected chi connectivity index (χ2v) is 6.77. The maximum absolute atomic E-state index is 12.5. The van der Waals surface area contributed by atoms with E-state index >= 15 is 0 Å². The Morgan fingerprint density at radius 1 is 1.28 bits per heavy atom. The lowest BCUT2D eigenvalue weighted by molar-refractivity contribution is -0.134. The van der Waals surface area contributed by atoms with Gasteiger partial charge in [0, 0.05) is 37.1 Å². The molecule has 0 aliphatic carbocycles. The van der Waals surface area contributed by atoms with Crippen LogP contribution in [0.5, 0.6) is 0 Å². The Morgan fingerprint density at radius 2 is 2.00 bits per heavy atom. The van der Waals surface area contributed by atoms with Crippen molar-refractivity contribution in [1.82, 2.24) is 15.5 Å². The van der Waals surface area contributed by atoms with E-state index in [0.717, 1.165) is 18.0 Å². The van der Waals surface area contributed by atoms with E-state index in [1.54, 1.807) is 24.3 Å². The van der Waals surface area contributed by atoms with Crippen molar-refractivity contribution in [2.75, 3.05) is 24.5 Å². The van der Waals surface area contributed by atoms with Gasteiger partial charge in [0.05, 0.1) is 5.69 Å². The highest BCUT2D eigenvalue weighted by Crippen LogP contribution is 2.23. The predicted molar refractivity (Wildman–Crippen MR) is 94.5 cm³/mol. The van der Waals surface area contributed by atoms with Crippen molar-refractivity contribution in [3.05, 3.63) is 29.3 Å². The maximum atomic E-state index is 12.5. The van der Waals surface area contributed by atoms with Gasteiger partial charge in [0.1, 0.15) is 6.04 Å². The van der Waals surface area contributed by atoms with E-state index in [9.17, 15) is 14.4 Å². The number of nitrogens with zero attached hydrogens (tertiary/aromatic N) is 2. The van der Waals surface area contributed by atoms with Crippen LogP contribution >= 0.6 is 11.6 Å². The fourth-order valence-electron chi connectivity index (χ4n) is 3.18. The first-order chi connectivity index (χ1) is 12.0. The predicted octanol–water partition coefficient (Wildman–Crippen LogP) is 1.37. The number of urea groups is 1. The van der Waals surface area contributed by atoms with Crippen LogP contribution in [0.25, 0.3) is 0 Å². The monoisotopic (exact) mass is 364 g/mol. The Bertz CT molecular complexity index is 679. The summed E-state index contributed by atoms with van der Waals surface area (Å²) in [6, 6.07) is 5.48. The van der Waals surface area contributed by atoms with Gasteiger partial charge in [-0.25, -0.2) is 9.69 Å². The molecule has 3 rings (SSSR count). The zero-order valence-corrected chi connectivity index (χ0v) is 14.8. The van der Waals surface area contributed by atoms with Gasteiger partial charge in [-0.05, 0) is 37.6 Å². The van der Waals surface area contributed by atoms with Gasteiger partial charge in [0.2, 0.25) is 5.91 Å². The van der Waals surface area contributed by atoms with Crippen LogP contribution in [0.15, 0.2) is 24.3 Å². The van der Waals surface area contributed by atoms with Crippen LogP contribution in [0.4, 0.5) is 10.5 Å². The topological polar surface area (TPSA) is 81.8 Å². The summed E-state index contributed by atoms with van der Waals surface area (Å²) in [5.41, 5.74) is 0.469. The number of piperazine rings is 1. The van der Waals surface area contributed by atoms with Gasteiger partial charge >= 0.3 is 6.03 Å². The maximum Gasteiger partial charge on any atom is 0.329 e. The van der Waals surface area contributed by atoms with Crippen LogP contribution in [0.2, 0.25) is 5.02 Å². The number of nitrogens with one attached hydrogen (secondary N) is 2. The summed E-state index contributed by atoms with van der Waals surface area (Å²) in [5.74, 6) is -0.325. The third kappa shape index (κ3) is 3.77. The van der Waals surface area contributed by atoms with Crippen LogP contribution in [-0.2, 0) is 9.59 Å². The van der Waals surface area contributed by atoms with Crippen LogP contribution in [0.3, 0.4) is 0 Å². The van der Waals surface area contributed by atoms with Gasteiger partial charge in [-0.3, -0.25) is 9.59 Å². The lowest BCUT2D eigenvalue weighted by Crippen LogP contribution is -2.52. The molecule has 2 atom stereocenters. The quantitative estimate of drug-likeness (QED) is 0.790. The molecule has 0 radical (unpaired) electrons. The molecule has 134 valence electrons. The number of imide groups is 1. The molecule has 7 nitrogen and oxygen atoms in total. The molecule has 2 heterocycles. The molecule has 2 fully saturated rings. The van der Waals surface area contributed by atoms with Crippen LogP contribution in [0, 0.1) is 0 Å². The minimum atomic E-state index is -0.676. The molecule has 1 aromatic rings. The minimum Gasteiger partial charge on any atom is -0.337 e. The zero-order valence-electron chi connectivity index (χ0n) is 14.0. The second-order valence-electron chi connectivity index (χ2n) is 6.33. The number of rotatable bonds is 4. The molecule has 2 aliphatic rings. The summed E-state index contributed by atoms with van der Waals surface area (Å²) in [4.78, 5) is 40.0. The Labute approximate surface area is 151 Å². The fourth-order valence-corrected chi connectivity index (χ4v) is 3.31. The molecule has 8 heteroatoms. The molecule has 0 aromatic heterocycles. The molecule has 2 aliphatic heterocycles. The van der Waals surface area contributed by atoms with Gasteiger partial charge < -0.3 is 15.5 Å². The molecule has 4 amide bonds. The average molecular weight is 365 g/mol. The van der Waals surface area contributed by atoms with E-state index in [0.29, 0.717) is 23.7 Å². The van der Waals surface area contributed by atoms with Crippen LogP contribution < -0.4 is 15.5 Å². The number of benzene rings is 1. The summed E-state index contributed by atoms with van der Waals surface area (Å²) >= 11 is 5.84. The van der Waals surface area contributed by atoms with Gasteiger partial charge in [-0.1, -0.05) is 11.6 Å². The SMILES string of the molecule is C[C@@H]1CNCCN1C(=O)CCC1NC(=O)N(c2ccc(Cl)cc2)C1=O. The lowest BCUT2D eigenvalue weighted by Gasteiger charge is -2.34. The molecule has 2 N–H and O–H groups in total. The zero-order chi connectivity index (χ0) is 18.0. The Balaban J connectivity index is 1.60. The van der Waals surface area contributed by atoms with Crippen molar-refractivity contribution < 1.29 is 14.4 Å². The molecular weight excluding hydrogens is 344 g/mol. The van der Waals surface area contributed by atoms with Crippen molar-refractivity contribution in [2.45, 2.75) is 31.8 Å². The Kier molecular flexibility index (Phi) is 5.24. The standard InChI is InChI=1S/C17H21ClN4O3/c1-11-10-19-8-9-21(11)15(23)7-6-14-16(24)22(17(25)20-14)13-4-2-12(18)3-5-13/h2-5,11,14,19H,6-10H2,1H3,(H,20,25)/t11-,14?/m1/s1. The van der Waals surface area contributed by atoms with E-state index in [1.807, 2.05) is 11.8 Å². The van der Waals surface area contributed by atoms with E-state index in [1.165, 1.54) is 0 Å². The first-order valence-corrected chi connectivity index (χ1v) is 8.75. The first kappa shape index (κ1) is 17.7. The molecule has 0 saturated carbocycles. The number of hydrogen-bond donors (Lipinski definition) is 2. The van der Waals surface area contributed by atoms with E-state index in [2.05, 4.69) is 10.6 Å². The number of hydrogen-bond acceptors (Lipinski definition) is 4. The van der Waals surface area contributed by atoms with E-state index < -0.39 is 12.1 Å². The van der Waals surface area contributed by atoms with E-state index in [-0.39, 0.29) is 24.3 Å². The number of halogens is 1. The van der Waals surface area contributed by atoms with Crippen molar-refractivity contribution in [2.24, 2.45) is 0 Å². The highest BCUT2D eigenvalue weighted by molar-refractivity contribution is 6.30. The number of carbonyl (C=O) groups is 3. The molecule has 1 aromatic carbocycles. The van der Waals surface area contributed by atoms with Gasteiger partial charge in [0.25, 0.3) is 5.91 Å². The lowest BCUT2D eigenvalue weighted by atomic mass is 10.1. The summed E-state index contributed by atoms with van der Waals surface area (Å²) in [7, 11) is 0. The van der Waals surface area contributed by atoms with Crippen molar-refractivity contribution in [1.29, 1.82) is 0 Å². The Morgan fingerprint density at radius 3 is 2.68 bits per heavy atom. The highest BCUT2D eigenvalue weighted by atomic mass is 35.5. The normalized spacial score (nSPS) is 23.8. The number of amides is 4. The van der Waals surface area contributed by atoms with E-state index in [4.69, 9.17) is 11.6 Å². The molecule has 0 bridgehead atoms. The molecule has 25 heavy (non-hydrogen) atoms. The fraction of sp³-hybridized carbons (Fsp3) is 0.471. The van der Waals surface area contributed by atoms with Gasteiger partial charge in [-0.15, -0.1) is 0 Å². The minimum absolute atomic E-state index is 0.0148. The molecule has 2 saturated heterocycles. The summed E-state index contributed by atoms with van der Waals surface area (Å²) < 4.78 is 0. The van der Waals surface area contributed by atoms with Crippen molar-refractivity contribution in [3.8, 4) is 0 Å². The second kappa shape index (κ2) is 7.41. The van der Waals surface area contributed by atoms with Crippen molar-refractivity contribution >= 4 is 35.1 Å². The molecular formula is C17H21ClN4O3. The summed E-state index contributed by atoms with van der Waals surface area (Å²) in [6.45, 7) is 4.21. The third-order valence-electron chi connectivity index (χ3n) is 4.57. The third-order valence-corrected chi connectivity index (χ3v) is 4.82. The largest absolute Gasteiger partial charge is 0.337 e. The average Bonchev–Trinajstić information content (AvgIpc) is 2.88. The highest BCUT2D eigenvalue weighted by Gasteiger charge is 2.39. The van der Waals surface area contributed by atoms with Crippen molar-refractivity contribution in [3.63, 3.8) is 0 Å². The van der Waals surface area contributed by atoms with Crippen LogP contribution in [-0.4, -0.2) is 54.5 Å². The van der Waals surface area contributed by atoms with Crippen LogP contribution in [0.1, 0.15) is 19.8 Å². The first-order valence-electron chi connectivity index (χ1n) is 8.37.